The normalized spacial score (nSPS) is 10.1. The van der Waals surface area contributed by atoms with Crippen molar-refractivity contribution in [2.75, 3.05) is 12.8 Å². The molecule has 0 radical (unpaired) electrons. The molecule has 0 fully saturated rings. The number of anilines is 1. The quantitative estimate of drug-likeness (QED) is 0.688. The van der Waals surface area contributed by atoms with E-state index >= 15 is 0 Å². The number of carbonyl (C=O) groups is 1. The molecule has 2 aromatic rings. The summed E-state index contributed by atoms with van der Waals surface area (Å²) in [6.45, 7) is -0.140. The Labute approximate surface area is 115 Å². The second kappa shape index (κ2) is 6.06. The molecule has 4 nitrogen and oxygen atoms in total. The lowest BCUT2D eigenvalue weighted by atomic mass is 10.2. The number of hydrogen-bond acceptors (Lipinski definition) is 4. The van der Waals surface area contributed by atoms with Crippen LogP contribution in [0.3, 0.4) is 0 Å². The molecule has 0 atom stereocenters. The third-order valence-corrected chi connectivity index (χ3v) is 2.76. The fraction of sp³-hybridized carbons (Fsp3) is 0.133. The van der Waals surface area contributed by atoms with E-state index in [9.17, 15) is 9.18 Å². The van der Waals surface area contributed by atoms with Crippen LogP contribution in [0.2, 0.25) is 0 Å². The summed E-state index contributed by atoms with van der Waals surface area (Å²) in [6, 6.07) is 10.7. The van der Waals surface area contributed by atoms with Gasteiger partial charge in [0.2, 0.25) is 0 Å². The summed E-state index contributed by atoms with van der Waals surface area (Å²) in [5.41, 5.74) is 6.65. The van der Waals surface area contributed by atoms with Gasteiger partial charge < -0.3 is 15.2 Å². The molecule has 0 bridgehead atoms. The van der Waals surface area contributed by atoms with Gasteiger partial charge in [-0.05, 0) is 18.2 Å². The predicted octanol–water partition coefficient (Wildman–Crippen LogP) is 2.77. The highest BCUT2D eigenvalue weighted by Crippen LogP contribution is 2.22. The Morgan fingerprint density at radius 3 is 2.70 bits per heavy atom. The van der Waals surface area contributed by atoms with Crippen molar-refractivity contribution in [3.8, 4) is 5.75 Å². The Morgan fingerprint density at radius 1 is 1.25 bits per heavy atom. The molecule has 2 N–H and O–H groups in total. The number of esters is 1. The summed E-state index contributed by atoms with van der Waals surface area (Å²) in [5.74, 6) is -0.682. The molecule has 20 heavy (non-hydrogen) atoms. The highest BCUT2D eigenvalue weighted by molar-refractivity contribution is 5.93. The van der Waals surface area contributed by atoms with Gasteiger partial charge in [-0.3, -0.25) is 0 Å². The van der Waals surface area contributed by atoms with Crippen LogP contribution in [0.1, 0.15) is 15.9 Å². The van der Waals surface area contributed by atoms with Crippen molar-refractivity contribution in [3.05, 3.63) is 59.4 Å². The standard InChI is InChI=1S/C15H14FNO3/c1-19-14-8-11(17)6-7-12(14)15(18)20-9-10-4-2-3-5-13(10)16/h2-8H,9,17H2,1H3. The van der Waals surface area contributed by atoms with Crippen LogP contribution in [0.4, 0.5) is 10.1 Å². The summed E-state index contributed by atoms with van der Waals surface area (Å²) in [6.07, 6.45) is 0. The first kappa shape index (κ1) is 13.9. The summed E-state index contributed by atoms with van der Waals surface area (Å²) >= 11 is 0. The molecule has 2 aromatic carbocycles. The first-order valence-electron chi connectivity index (χ1n) is 5.96. The molecule has 0 saturated heterocycles. The Bertz CT molecular complexity index is 628. The smallest absolute Gasteiger partial charge is 0.342 e. The molecule has 104 valence electrons. The second-order valence-corrected chi connectivity index (χ2v) is 4.13. The van der Waals surface area contributed by atoms with Crippen LogP contribution in [0.5, 0.6) is 5.75 Å². The number of carbonyl (C=O) groups excluding carboxylic acids is 1. The molecule has 0 spiro atoms. The van der Waals surface area contributed by atoms with Gasteiger partial charge in [0, 0.05) is 17.3 Å². The SMILES string of the molecule is COc1cc(N)ccc1C(=O)OCc1ccccc1F. The van der Waals surface area contributed by atoms with E-state index < -0.39 is 11.8 Å². The largest absolute Gasteiger partial charge is 0.496 e. The van der Waals surface area contributed by atoms with Gasteiger partial charge in [0.1, 0.15) is 23.7 Å². The fourth-order valence-electron chi connectivity index (χ4n) is 1.71. The van der Waals surface area contributed by atoms with Gasteiger partial charge in [-0.25, -0.2) is 9.18 Å². The zero-order valence-corrected chi connectivity index (χ0v) is 10.9. The molecule has 0 aromatic heterocycles. The van der Waals surface area contributed by atoms with E-state index in [0.717, 1.165) is 0 Å². The van der Waals surface area contributed by atoms with E-state index in [1.165, 1.54) is 25.3 Å². The van der Waals surface area contributed by atoms with E-state index in [2.05, 4.69) is 0 Å². The molecule has 0 aliphatic carbocycles. The van der Waals surface area contributed by atoms with E-state index in [1.54, 1.807) is 24.3 Å². The van der Waals surface area contributed by atoms with Crippen molar-refractivity contribution in [2.45, 2.75) is 6.61 Å². The maximum Gasteiger partial charge on any atom is 0.342 e. The molecule has 0 aliphatic heterocycles. The average molecular weight is 275 g/mol. The van der Waals surface area contributed by atoms with Crippen molar-refractivity contribution in [3.63, 3.8) is 0 Å². The Morgan fingerprint density at radius 2 is 2.00 bits per heavy atom. The molecule has 0 amide bonds. The highest BCUT2D eigenvalue weighted by atomic mass is 19.1. The number of nitrogens with two attached hydrogens (primary N) is 1. The Balaban J connectivity index is 2.11. The molecule has 5 heteroatoms. The number of hydrogen-bond donors (Lipinski definition) is 1. The van der Waals surface area contributed by atoms with Crippen LogP contribution >= 0.6 is 0 Å². The molecule has 0 unspecified atom stereocenters. The number of halogens is 1. The third kappa shape index (κ3) is 3.06. The van der Waals surface area contributed by atoms with Crippen molar-refractivity contribution in [1.82, 2.24) is 0 Å². The van der Waals surface area contributed by atoms with Gasteiger partial charge in [0.15, 0.2) is 0 Å². The fourth-order valence-corrected chi connectivity index (χ4v) is 1.71. The first-order chi connectivity index (χ1) is 9.61. The monoisotopic (exact) mass is 275 g/mol. The molecular formula is C15H14FNO3. The van der Waals surface area contributed by atoms with Gasteiger partial charge in [0.05, 0.1) is 7.11 Å². The number of ether oxygens (including phenoxy) is 2. The van der Waals surface area contributed by atoms with Crippen LogP contribution in [-0.2, 0) is 11.3 Å². The number of benzene rings is 2. The lowest BCUT2D eigenvalue weighted by Crippen LogP contribution is -2.08. The summed E-state index contributed by atoms with van der Waals surface area (Å²) in [4.78, 5) is 12.0. The van der Waals surface area contributed by atoms with Gasteiger partial charge in [-0.2, -0.15) is 0 Å². The Hall–Kier alpha value is -2.56. The number of rotatable bonds is 4. The van der Waals surface area contributed by atoms with E-state index in [1.807, 2.05) is 0 Å². The van der Waals surface area contributed by atoms with Gasteiger partial charge in [-0.15, -0.1) is 0 Å². The second-order valence-electron chi connectivity index (χ2n) is 4.13. The lowest BCUT2D eigenvalue weighted by molar-refractivity contribution is 0.0465. The van der Waals surface area contributed by atoms with Crippen molar-refractivity contribution in [1.29, 1.82) is 0 Å². The average Bonchev–Trinajstić information content (AvgIpc) is 2.46. The van der Waals surface area contributed by atoms with Crippen LogP contribution in [0, 0.1) is 5.82 Å². The predicted molar refractivity (Wildman–Crippen MR) is 72.9 cm³/mol. The van der Waals surface area contributed by atoms with Crippen molar-refractivity contribution >= 4 is 11.7 Å². The van der Waals surface area contributed by atoms with E-state index in [0.29, 0.717) is 17.0 Å². The van der Waals surface area contributed by atoms with Gasteiger partial charge >= 0.3 is 5.97 Å². The lowest BCUT2D eigenvalue weighted by Gasteiger charge is -2.09. The van der Waals surface area contributed by atoms with E-state index in [4.69, 9.17) is 15.2 Å². The van der Waals surface area contributed by atoms with Crippen LogP contribution in [0.25, 0.3) is 0 Å². The van der Waals surface area contributed by atoms with Crippen molar-refractivity contribution in [2.24, 2.45) is 0 Å². The first-order valence-corrected chi connectivity index (χ1v) is 5.96. The minimum absolute atomic E-state index is 0.140. The van der Waals surface area contributed by atoms with Gasteiger partial charge in [-0.1, -0.05) is 18.2 Å². The van der Waals surface area contributed by atoms with E-state index in [-0.39, 0.29) is 12.2 Å². The number of nitrogen functional groups attached to an aromatic ring is 1. The van der Waals surface area contributed by atoms with Crippen molar-refractivity contribution < 1.29 is 18.7 Å². The minimum Gasteiger partial charge on any atom is -0.496 e. The molecule has 0 heterocycles. The van der Waals surface area contributed by atoms with Gasteiger partial charge in [0.25, 0.3) is 0 Å². The minimum atomic E-state index is -0.592. The molecule has 0 aliphatic rings. The number of methoxy groups -OCH3 is 1. The maximum absolute atomic E-state index is 13.4. The van der Waals surface area contributed by atoms with Crippen LogP contribution < -0.4 is 10.5 Å². The zero-order chi connectivity index (χ0) is 14.5. The molecule has 0 saturated carbocycles. The van der Waals surface area contributed by atoms with Crippen LogP contribution in [-0.4, -0.2) is 13.1 Å². The molecule has 2 rings (SSSR count). The molecular weight excluding hydrogens is 261 g/mol. The summed E-state index contributed by atoms with van der Waals surface area (Å²) in [7, 11) is 1.43. The maximum atomic E-state index is 13.4. The highest BCUT2D eigenvalue weighted by Gasteiger charge is 2.14. The summed E-state index contributed by atoms with van der Waals surface area (Å²) < 4.78 is 23.6. The topological polar surface area (TPSA) is 61.5 Å². The summed E-state index contributed by atoms with van der Waals surface area (Å²) in [5, 5.41) is 0. The zero-order valence-electron chi connectivity index (χ0n) is 10.9. The Kier molecular flexibility index (Phi) is 4.20. The third-order valence-electron chi connectivity index (χ3n) is 2.76. The van der Waals surface area contributed by atoms with Crippen LogP contribution in [0.15, 0.2) is 42.5 Å².